The molecule has 0 saturated carbocycles. The molecule has 1 aromatic heterocycles. The normalized spacial score (nSPS) is 19.1. The lowest BCUT2D eigenvalue weighted by Crippen LogP contribution is -2.30. The van der Waals surface area contributed by atoms with Crippen LogP contribution in [0.4, 0.5) is 5.82 Å². The Labute approximate surface area is 108 Å². The lowest BCUT2D eigenvalue weighted by atomic mass is 10.1. The van der Waals surface area contributed by atoms with Crippen LogP contribution < -0.4 is 10.2 Å². The van der Waals surface area contributed by atoms with Crippen molar-refractivity contribution in [1.29, 1.82) is 0 Å². The van der Waals surface area contributed by atoms with Crippen LogP contribution in [-0.2, 0) is 11.2 Å². The van der Waals surface area contributed by atoms with Gasteiger partial charge in [-0.15, -0.1) is 0 Å². The van der Waals surface area contributed by atoms with E-state index in [-0.39, 0.29) is 11.8 Å². The summed E-state index contributed by atoms with van der Waals surface area (Å²) in [6.45, 7) is 5.64. The molecule has 98 valence electrons. The Bertz CT molecular complexity index is 447. The fraction of sp³-hybridized carbons (Fsp3) is 0.615. The highest BCUT2D eigenvalue weighted by atomic mass is 16.1. The Morgan fingerprint density at radius 3 is 3.06 bits per heavy atom. The summed E-state index contributed by atoms with van der Waals surface area (Å²) in [5, 5.41) is 2.72. The second-order valence-electron chi connectivity index (χ2n) is 4.67. The van der Waals surface area contributed by atoms with Gasteiger partial charge in [0.2, 0.25) is 5.91 Å². The van der Waals surface area contributed by atoms with Crippen molar-refractivity contribution in [2.75, 3.05) is 25.0 Å². The second-order valence-corrected chi connectivity index (χ2v) is 4.67. The zero-order valence-electron chi connectivity index (χ0n) is 11.2. The van der Waals surface area contributed by atoms with Crippen LogP contribution in [0.1, 0.15) is 24.7 Å². The van der Waals surface area contributed by atoms with Crippen LogP contribution in [0, 0.1) is 12.8 Å². The van der Waals surface area contributed by atoms with Gasteiger partial charge < -0.3 is 10.2 Å². The van der Waals surface area contributed by atoms with Gasteiger partial charge in [-0.25, -0.2) is 9.97 Å². The van der Waals surface area contributed by atoms with Gasteiger partial charge in [0.15, 0.2) is 0 Å². The first-order chi connectivity index (χ1) is 8.65. The van der Waals surface area contributed by atoms with Gasteiger partial charge in [0.05, 0.1) is 5.92 Å². The number of aromatic nitrogens is 2. The molecular formula is C13H20N4O. The maximum Gasteiger partial charge on any atom is 0.224 e. The van der Waals surface area contributed by atoms with Crippen molar-refractivity contribution in [3.05, 3.63) is 17.6 Å². The molecule has 2 rings (SSSR count). The molecule has 0 unspecified atom stereocenters. The molecule has 1 fully saturated rings. The van der Waals surface area contributed by atoms with Gasteiger partial charge >= 0.3 is 0 Å². The number of amides is 1. The molecule has 1 aromatic rings. The summed E-state index contributed by atoms with van der Waals surface area (Å²) in [5.74, 6) is 1.98. The van der Waals surface area contributed by atoms with E-state index in [1.165, 1.54) is 0 Å². The minimum Gasteiger partial charge on any atom is -0.359 e. The number of carbonyl (C=O) groups excluding carboxylic acids is 1. The maximum atomic E-state index is 11.6. The van der Waals surface area contributed by atoms with Crippen LogP contribution in [0.25, 0.3) is 0 Å². The van der Waals surface area contributed by atoms with E-state index in [4.69, 9.17) is 0 Å². The number of hydrogen-bond acceptors (Lipinski definition) is 4. The number of nitrogens with zero attached hydrogens (tertiary/aromatic N) is 3. The summed E-state index contributed by atoms with van der Waals surface area (Å²) in [5.41, 5.74) is 1.15. The molecule has 1 amide bonds. The Morgan fingerprint density at radius 2 is 2.39 bits per heavy atom. The molecule has 5 heteroatoms. The Balaban J connectivity index is 2.18. The van der Waals surface area contributed by atoms with E-state index >= 15 is 0 Å². The van der Waals surface area contributed by atoms with Crippen molar-refractivity contribution < 1.29 is 4.79 Å². The van der Waals surface area contributed by atoms with Crippen molar-refractivity contribution in [2.24, 2.45) is 5.92 Å². The number of carbonyl (C=O) groups is 1. The molecule has 0 spiro atoms. The van der Waals surface area contributed by atoms with Gasteiger partial charge in [0, 0.05) is 31.9 Å². The molecule has 18 heavy (non-hydrogen) atoms. The van der Waals surface area contributed by atoms with Crippen molar-refractivity contribution in [1.82, 2.24) is 15.3 Å². The largest absolute Gasteiger partial charge is 0.359 e. The van der Waals surface area contributed by atoms with Crippen LogP contribution in [0.3, 0.4) is 0 Å². The summed E-state index contributed by atoms with van der Waals surface area (Å²) in [6, 6.07) is 0. The van der Waals surface area contributed by atoms with E-state index in [1.807, 2.05) is 13.1 Å². The van der Waals surface area contributed by atoms with E-state index in [2.05, 4.69) is 27.1 Å². The molecule has 0 radical (unpaired) electrons. The first-order valence-corrected chi connectivity index (χ1v) is 6.44. The first-order valence-electron chi connectivity index (χ1n) is 6.44. The zero-order chi connectivity index (χ0) is 13.1. The number of anilines is 1. The lowest BCUT2D eigenvalue weighted by molar-refractivity contribution is -0.123. The third kappa shape index (κ3) is 2.44. The van der Waals surface area contributed by atoms with E-state index < -0.39 is 0 Å². The van der Waals surface area contributed by atoms with E-state index in [0.29, 0.717) is 0 Å². The molecule has 5 nitrogen and oxygen atoms in total. The van der Waals surface area contributed by atoms with Gasteiger partial charge in [-0.2, -0.15) is 0 Å². The van der Waals surface area contributed by atoms with Gasteiger partial charge in [-0.3, -0.25) is 4.79 Å². The molecule has 0 aliphatic carbocycles. The van der Waals surface area contributed by atoms with Crippen LogP contribution in [-0.4, -0.2) is 36.0 Å². The smallest absolute Gasteiger partial charge is 0.224 e. The second kappa shape index (κ2) is 5.33. The molecule has 0 aromatic carbocycles. The fourth-order valence-corrected chi connectivity index (χ4v) is 2.38. The SMILES string of the molecule is CCc1cnc(C)nc1N1CC[C@H](C(=O)NC)C1. The Kier molecular flexibility index (Phi) is 3.79. The van der Waals surface area contributed by atoms with E-state index in [0.717, 1.165) is 43.1 Å². The first kappa shape index (κ1) is 12.8. The monoisotopic (exact) mass is 248 g/mol. The summed E-state index contributed by atoms with van der Waals surface area (Å²) < 4.78 is 0. The number of aryl methyl sites for hydroxylation is 2. The fourth-order valence-electron chi connectivity index (χ4n) is 2.38. The van der Waals surface area contributed by atoms with E-state index in [9.17, 15) is 4.79 Å². The van der Waals surface area contributed by atoms with Crippen LogP contribution in [0.2, 0.25) is 0 Å². The molecule has 1 aliphatic rings. The summed E-state index contributed by atoms with van der Waals surface area (Å²) in [7, 11) is 1.69. The van der Waals surface area contributed by atoms with Crippen molar-refractivity contribution in [3.63, 3.8) is 0 Å². The highest BCUT2D eigenvalue weighted by molar-refractivity contribution is 5.79. The molecular weight excluding hydrogens is 228 g/mol. The maximum absolute atomic E-state index is 11.6. The molecule has 1 atom stereocenters. The predicted molar refractivity (Wildman–Crippen MR) is 70.5 cm³/mol. The number of rotatable bonds is 3. The highest BCUT2D eigenvalue weighted by Crippen LogP contribution is 2.25. The summed E-state index contributed by atoms with van der Waals surface area (Å²) in [6.07, 6.45) is 3.70. The Hall–Kier alpha value is -1.65. The van der Waals surface area contributed by atoms with Gasteiger partial charge in [0.1, 0.15) is 11.6 Å². The van der Waals surface area contributed by atoms with Crippen molar-refractivity contribution in [3.8, 4) is 0 Å². The summed E-state index contributed by atoms with van der Waals surface area (Å²) >= 11 is 0. The molecule has 1 N–H and O–H groups in total. The van der Waals surface area contributed by atoms with Crippen molar-refractivity contribution in [2.45, 2.75) is 26.7 Å². The average Bonchev–Trinajstić information content (AvgIpc) is 2.87. The summed E-state index contributed by atoms with van der Waals surface area (Å²) in [4.78, 5) is 22.6. The quantitative estimate of drug-likeness (QED) is 0.864. The third-order valence-electron chi connectivity index (χ3n) is 3.45. The van der Waals surface area contributed by atoms with Crippen LogP contribution in [0.5, 0.6) is 0 Å². The third-order valence-corrected chi connectivity index (χ3v) is 3.45. The van der Waals surface area contributed by atoms with Crippen LogP contribution >= 0.6 is 0 Å². The van der Waals surface area contributed by atoms with Crippen molar-refractivity contribution >= 4 is 11.7 Å². The van der Waals surface area contributed by atoms with Crippen LogP contribution in [0.15, 0.2) is 6.20 Å². The molecule has 1 saturated heterocycles. The number of hydrogen-bond donors (Lipinski definition) is 1. The topological polar surface area (TPSA) is 58.1 Å². The lowest BCUT2D eigenvalue weighted by Gasteiger charge is -2.20. The Morgan fingerprint density at radius 1 is 1.61 bits per heavy atom. The minimum absolute atomic E-state index is 0.0787. The standard InChI is InChI=1S/C13H20N4O/c1-4-10-7-15-9(2)16-12(10)17-6-5-11(8-17)13(18)14-3/h7,11H,4-6,8H2,1-3H3,(H,14,18)/t11-/m0/s1. The van der Waals surface area contributed by atoms with Gasteiger partial charge in [-0.05, 0) is 19.8 Å². The van der Waals surface area contributed by atoms with Gasteiger partial charge in [-0.1, -0.05) is 6.92 Å². The zero-order valence-corrected chi connectivity index (χ0v) is 11.2. The minimum atomic E-state index is 0.0787. The highest BCUT2D eigenvalue weighted by Gasteiger charge is 2.29. The predicted octanol–water partition coefficient (Wildman–Crippen LogP) is 0.920. The molecule has 1 aliphatic heterocycles. The number of nitrogens with one attached hydrogen (secondary N) is 1. The van der Waals surface area contributed by atoms with E-state index in [1.54, 1.807) is 7.05 Å². The molecule has 2 heterocycles. The molecule has 0 bridgehead atoms. The van der Waals surface area contributed by atoms with Gasteiger partial charge in [0.25, 0.3) is 0 Å². The average molecular weight is 248 g/mol.